The molecule has 0 radical (unpaired) electrons. The minimum atomic E-state index is -0.132. The Morgan fingerprint density at radius 3 is 1.88 bits per heavy atom. The lowest BCUT2D eigenvalue weighted by Crippen LogP contribution is -2.11. The third-order valence-corrected chi connectivity index (χ3v) is 3.76. The summed E-state index contributed by atoms with van der Waals surface area (Å²) in [7, 11) is 0. The van der Waals surface area contributed by atoms with E-state index in [2.05, 4.69) is 16.7 Å². The Morgan fingerprint density at radius 1 is 0.800 bits per heavy atom. The number of anilines is 3. The summed E-state index contributed by atoms with van der Waals surface area (Å²) in [4.78, 5) is 12.2. The quantitative estimate of drug-likeness (QED) is 0.719. The van der Waals surface area contributed by atoms with Crippen molar-refractivity contribution in [1.29, 1.82) is 5.26 Å². The minimum Gasteiger partial charge on any atom is -0.356 e. The number of hydrogen-bond acceptors (Lipinski definition) is 3. The van der Waals surface area contributed by atoms with Crippen molar-refractivity contribution in [2.45, 2.75) is 6.92 Å². The lowest BCUT2D eigenvalue weighted by Gasteiger charge is -2.09. The standard InChI is InChI=1S/C21H17N3O/c1-15-2-6-17(7-3-15)21(25)24-20-12-10-19(11-13-20)23-18-8-4-16(14-22)5-9-18/h2-13,23H,1H3,(H,24,25). The van der Waals surface area contributed by atoms with Crippen LogP contribution in [-0.2, 0) is 0 Å². The molecule has 3 aromatic carbocycles. The molecule has 0 heterocycles. The van der Waals surface area contributed by atoms with Gasteiger partial charge in [0.2, 0.25) is 0 Å². The van der Waals surface area contributed by atoms with Crippen molar-refractivity contribution < 1.29 is 4.79 Å². The van der Waals surface area contributed by atoms with E-state index < -0.39 is 0 Å². The molecule has 0 saturated carbocycles. The topological polar surface area (TPSA) is 64.9 Å². The number of benzene rings is 3. The number of carbonyl (C=O) groups excluding carboxylic acids is 1. The molecule has 0 aliphatic heterocycles. The summed E-state index contributed by atoms with van der Waals surface area (Å²) in [5.41, 5.74) is 4.91. The predicted molar refractivity (Wildman–Crippen MR) is 100 cm³/mol. The Hall–Kier alpha value is -3.58. The van der Waals surface area contributed by atoms with Gasteiger partial charge < -0.3 is 10.6 Å². The Balaban J connectivity index is 1.64. The van der Waals surface area contributed by atoms with Crippen molar-refractivity contribution in [3.8, 4) is 6.07 Å². The van der Waals surface area contributed by atoms with Crippen LogP contribution >= 0.6 is 0 Å². The number of amides is 1. The highest BCUT2D eigenvalue weighted by atomic mass is 16.1. The molecular weight excluding hydrogens is 310 g/mol. The minimum absolute atomic E-state index is 0.132. The van der Waals surface area contributed by atoms with E-state index in [0.717, 1.165) is 22.6 Å². The molecule has 1 amide bonds. The van der Waals surface area contributed by atoms with Crippen LogP contribution in [0.4, 0.5) is 17.1 Å². The molecule has 0 bridgehead atoms. The summed E-state index contributed by atoms with van der Waals surface area (Å²) in [6, 6.07) is 24.3. The van der Waals surface area contributed by atoms with Crippen LogP contribution in [0.5, 0.6) is 0 Å². The molecule has 0 spiro atoms. The molecule has 0 aliphatic carbocycles. The molecular formula is C21H17N3O. The summed E-state index contributed by atoms with van der Waals surface area (Å²) in [5, 5.41) is 14.9. The normalized spacial score (nSPS) is 9.92. The largest absolute Gasteiger partial charge is 0.356 e. The van der Waals surface area contributed by atoms with Gasteiger partial charge in [0.05, 0.1) is 11.6 Å². The van der Waals surface area contributed by atoms with Gasteiger partial charge in [-0.1, -0.05) is 17.7 Å². The first-order valence-electron chi connectivity index (χ1n) is 7.89. The zero-order valence-electron chi connectivity index (χ0n) is 13.8. The van der Waals surface area contributed by atoms with Crippen LogP contribution in [-0.4, -0.2) is 5.91 Å². The van der Waals surface area contributed by atoms with Crippen LogP contribution in [0.2, 0.25) is 0 Å². The van der Waals surface area contributed by atoms with Crippen LogP contribution in [0, 0.1) is 18.3 Å². The third kappa shape index (κ3) is 4.24. The second-order valence-electron chi connectivity index (χ2n) is 5.71. The first-order valence-corrected chi connectivity index (χ1v) is 7.89. The highest BCUT2D eigenvalue weighted by Gasteiger charge is 2.05. The molecule has 0 unspecified atom stereocenters. The van der Waals surface area contributed by atoms with Gasteiger partial charge in [0.15, 0.2) is 0 Å². The molecule has 122 valence electrons. The molecule has 2 N–H and O–H groups in total. The molecule has 0 fully saturated rings. The van der Waals surface area contributed by atoms with Gasteiger partial charge in [-0.3, -0.25) is 4.79 Å². The molecule has 4 nitrogen and oxygen atoms in total. The lowest BCUT2D eigenvalue weighted by molar-refractivity contribution is 0.102. The van der Waals surface area contributed by atoms with Crippen LogP contribution in [0.1, 0.15) is 21.5 Å². The molecule has 0 atom stereocenters. The van der Waals surface area contributed by atoms with Gasteiger partial charge in [-0.25, -0.2) is 0 Å². The number of carbonyl (C=O) groups is 1. The Morgan fingerprint density at radius 2 is 1.32 bits per heavy atom. The molecule has 4 heteroatoms. The second kappa shape index (κ2) is 7.33. The van der Waals surface area contributed by atoms with E-state index in [1.54, 1.807) is 12.1 Å². The van der Waals surface area contributed by atoms with Crippen molar-refractivity contribution >= 4 is 23.0 Å². The number of rotatable bonds is 4. The van der Waals surface area contributed by atoms with Gasteiger partial charge in [-0.15, -0.1) is 0 Å². The van der Waals surface area contributed by atoms with Crippen LogP contribution in [0.3, 0.4) is 0 Å². The van der Waals surface area contributed by atoms with E-state index >= 15 is 0 Å². The zero-order valence-corrected chi connectivity index (χ0v) is 13.8. The van der Waals surface area contributed by atoms with E-state index in [0.29, 0.717) is 11.1 Å². The van der Waals surface area contributed by atoms with Gasteiger partial charge in [0.25, 0.3) is 5.91 Å². The summed E-state index contributed by atoms with van der Waals surface area (Å²) in [5.74, 6) is -0.132. The van der Waals surface area contributed by atoms with E-state index in [-0.39, 0.29) is 5.91 Å². The van der Waals surface area contributed by atoms with Crippen molar-refractivity contribution in [2.24, 2.45) is 0 Å². The maximum absolute atomic E-state index is 12.2. The summed E-state index contributed by atoms with van der Waals surface area (Å²) in [6.07, 6.45) is 0. The number of nitriles is 1. The maximum Gasteiger partial charge on any atom is 0.255 e. The highest BCUT2D eigenvalue weighted by molar-refractivity contribution is 6.04. The van der Waals surface area contributed by atoms with Gasteiger partial charge in [-0.2, -0.15) is 5.26 Å². The van der Waals surface area contributed by atoms with E-state index in [4.69, 9.17) is 5.26 Å². The monoisotopic (exact) mass is 327 g/mol. The average molecular weight is 327 g/mol. The lowest BCUT2D eigenvalue weighted by atomic mass is 10.1. The first-order chi connectivity index (χ1) is 12.1. The fraction of sp³-hybridized carbons (Fsp3) is 0.0476. The smallest absolute Gasteiger partial charge is 0.255 e. The zero-order chi connectivity index (χ0) is 17.6. The molecule has 3 aromatic rings. The van der Waals surface area contributed by atoms with Crippen molar-refractivity contribution in [2.75, 3.05) is 10.6 Å². The fourth-order valence-corrected chi connectivity index (χ4v) is 2.34. The van der Waals surface area contributed by atoms with Crippen molar-refractivity contribution in [3.05, 3.63) is 89.5 Å². The number of aryl methyl sites for hydroxylation is 1. The fourth-order valence-electron chi connectivity index (χ4n) is 2.34. The average Bonchev–Trinajstić information content (AvgIpc) is 2.64. The molecule has 0 saturated heterocycles. The first kappa shape index (κ1) is 16.3. The number of nitrogens with one attached hydrogen (secondary N) is 2. The Labute approximate surface area is 146 Å². The van der Waals surface area contributed by atoms with E-state index in [1.807, 2.05) is 67.6 Å². The second-order valence-corrected chi connectivity index (χ2v) is 5.71. The number of hydrogen-bond donors (Lipinski definition) is 2. The van der Waals surface area contributed by atoms with Crippen LogP contribution in [0.25, 0.3) is 0 Å². The maximum atomic E-state index is 12.2. The Kier molecular flexibility index (Phi) is 4.77. The van der Waals surface area contributed by atoms with E-state index in [9.17, 15) is 4.79 Å². The summed E-state index contributed by atoms with van der Waals surface area (Å²) in [6.45, 7) is 1.99. The van der Waals surface area contributed by atoms with Gasteiger partial charge in [-0.05, 0) is 67.6 Å². The third-order valence-electron chi connectivity index (χ3n) is 3.76. The Bertz CT molecular complexity index is 905. The highest BCUT2D eigenvalue weighted by Crippen LogP contribution is 2.20. The SMILES string of the molecule is Cc1ccc(C(=O)Nc2ccc(Nc3ccc(C#N)cc3)cc2)cc1. The van der Waals surface area contributed by atoms with Crippen molar-refractivity contribution in [3.63, 3.8) is 0 Å². The molecule has 25 heavy (non-hydrogen) atoms. The summed E-state index contributed by atoms with van der Waals surface area (Å²) >= 11 is 0. The van der Waals surface area contributed by atoms with Crippen LogP contribution < -0.4 is 10.6 Å². The van der Waals surface area contributed by atoms with Gasteiger partial charge >= 0.3 is 0 Å². The van der Waals surface area contributed by atoms with Gasteiger partial charge in [0, 0.05) is 22.6 Å². The van der Waals surface area contributed by atoms with E-state index in [1.165, 1.54) is 0 Å². The van der Waals surface area contributed by atoms with Crippen molar-refractivity contribution in [1.82, 2.24) is 0 Å². The molecule has 0 aliphatic rings. The molecule has 0 aromatic heterocycles. The predicted octanol–water partition coefficient (Wildman–Crippen LogP) is 4.86. The van der Waals surface area contributed by atoms with Gasteiger partial charge in [0.1, 0.15) is 0 Å². The number of nitrogens with zero attached hydrogens (tertiary/aromatic N) is 1. The van der Waals surface area contributed by atoms with Crippen LogP contribution in [0.15, 0.2) is 72.8 Å². The molecule has 3 rings (SSSR count). The summed E-state index contributed by atoms with van der Waals surface area (Å²) < 4.78 is 0.